The van der Waals surface area contributed by atoms with E-state index in [0.717, 1.165) is 5.56 Å². The van der Waals surface area contributed by atoms with Crippen LogP contribution < -0.4 is 10.1 Å². The van der Waals surface area contributed by atoms with Crippen molar-refractivity contribution in [2.75, 3.05) is 40.0 Å². The zero-order valence-corrected chi connectivity index (χ0v) is 14.8. The molecule has 0 saturated carbocycles. The summed E-state index contributed by atoms with van der Waals surface area (Å²) in [6.45, 7) is 2.78. The fourth-order valence-electron chi connectivity index (χ4n) is 3.09. The van der Waals surface area contributed by atoms with Crippen molar-refractivity contribution in [3.8, 4) is 5.75 Å². The molecule has 1 atom stereocenters. The molecule has 138 valence electrons. The lowest BCUT2D eigenvalue weighted by atomic mass is 10.0. The molecule has 5 nitrogen and oxygen atoms in total. The number of ether oxygens (including phenoxy) is 2. The minimum absolute atomic E-state index is 0.0852. The van der Waals surface area contributed by atoms with E-state index in [1.165, 1.54) is 12.1 Å². The van der Waals surface area contributed by atoms with Gasteiger partial charge in [-0.25, -0.2) is 4.39 Å². The van der Waals surface area contributed by atoms with Gasteiger partial charge in [-0.3, -0.25) is 4.79 Å². The maximum atomic E-state index is 13.6. The number of halogens is 1. The molecule has 1 saturated heterocycles. The molecule has 0 aromatic heterocycles. The molecule has 0 aliphatic carbocycles. The summed E-state index contributed by atoms with van der Waals surface area (Å²) < 4.78 is 24.2. The molecule has 1 unspecified atom stereocenters. The largest absolute Gasteiger partial charge is 0.491 e. The summed E-state index contributed by atoms with van der Waals surface area (Å²) in [4.78, 5) is 14.9. The van der Waals surface area contributed by atoms with Crippen LogP contribution in [-0.4, -0.2) is 50.8 Å². The van der Waals surface area contributed by atoms with Crippen molar-refractivity contribution < 1.29 is 18.7 Å². The summed E-state index contributed by atoms with van der Waals surface area (Å²) in [7, 11) is 1.61. The molecule has 1 N–H and O–H groups in total. The predicted molar refractivity (Wildman–Crippen MR) is 96.9 cm³/mol. The van der Waals surface area contributed by atoms with E-state index in [0.29, 0.717) is 44.2 Å². The number of benzene rings is 2. The highest BCUT2D eigenvalue weighted by atomic mass is 19.1. The Morgan fingerprint density at radius 1 is 1.23 bits per heavy atom. The first-order valence-corrected chi connectivity index (χ1v) is 8.68. The van der Waals surface area contributed by atoms with Gasteiger partial charge in [-0.1, -0.05) is 18.2 Å². The van der Waals surface area contributed by atoms with Crippen LogP contribution in [-0.2, 0) is 4.74 Å². The van der Waals surface area contributed by atoms with E-state index < -0.39 is 0 Å². The van der Waals surface area contributed by atoms with Crippen LogP contribution in [0.4, 0.5) is 4.39 Å². The molecular weight excluding hydrogens is 335 g/mol. The van der Waals surface area contributed by atoms with Gasteiger partial charge in [-0.15, -0.1) is 0 Å². The normalized spacial score (nSPS) is 17.2. The Morgan fingerprint density at radius 2 is 2.08 bits per heavy atom. The van der Waals surface area contributed by atoms with Gasteiger partial charge in [-0.05, 0) is 35.9 Å². The van der Waals surface area contributed by atoms with Gasteiger partial charge < -0.3 is 19.7 Å². The summed E-state index contributed by atoms with van der Waals surface area (Å²) in [5.41, 5.74) is 1.35. The maximum Gasteiger partial charge on any atom is 0.254 e. The molecular formula is C20H23FN2O3. The van der Waals surface area contributed by atoms with Gasteiger partial charge in [0.05, 0.1) is 12.6 Å². The smallest absolute Gasteiger partial charge is 0.254 e. The van der Waals surface area contributed by atoms with Gasteiger partial charge in [0.1, 0.15) is 18.2 Å². The van der Waals surface area contributed by atoms with Crippen LogP contribution in [0.3, 0.4) is 0 Å². The van der Waals surface area contributed by atoms with Crippen LogP contribution in [0, 0.1) is 5.82 Å². The second-order valence-electron chi connectivity index (χ2n) is 6.14. The number of hydrogen-bond donors (Lipinski definition) is 1. The molecule has 0 bridgehead atoms. The van der Waals surface area contributed by atoms with Crippen LogP contribution in [0.15, 0.2) is 48.5 Å². The monoisotopic (exact) mass is 358 g/mol. The number of methoxy groups -OCH3 is 1. The molecule has 26 heavy (non-hydrogen) atoms. The highest BCUT2D eigenvalue weighted by Gasteiger charge is 2.29. The lowest BCUT2D eigenvalue weighted by Crippen LogP contribution is -2.48. The van der Waals surface area contributed by atoms with Gasteiger partial charge >= 0.3 is 0 Å². The van der Waals surface area contributed by atoms with Gasteiger partial charge in [0.2, 0.25) is 0 Å². The van der Waals surface area contributed by atoms with E-state index in [1.54, 1.807) is 36.3 Å². The fraction of sp³-hybridized carbons (Fsp3) is 0.350. The Kier molecular flexibility index (Phi) is 6.20. The van der Waals surface area contributed by atoms with E-state index >= 15 is 0 Å². The molecule has 1 aliphatic heterocycles. The summed E-state index contributed by atoms with van der Waals surface area (Å²) in [6.07, 6.45) is 0. The van der Waals surface area contributed by atoms with Crippen molar-refractivity contribution in [2.24, 2.45) is 0 Å². The molecule has 2 aromatic rings. The van der Waals surface area contributed by atoms with Crippen molar-refractivity contribution >= 4 is 5.91 Å². The third kappa shape index (κ3) is 4.39. The average Bonchev–Trinajstić information content (AvgIpc) is 2.68. The Hall–Kier alpha value is -2.44. The van der Waals surface area contributed by atoms with Crippen LogP contribution in [0.25, 0.3) is 0 Å². The van der Waals surface area contributed by atoms with Crippen molar-refractivity contribution in [3.05, 3.63) is 65.5 Å². The number of nitrogens with zero attached hydrogens (tertiary/aromatic N) is 1. The lowest BCUT2D eigenvalue weighted by Gasteiger charge is -2.36. The third-order valence-corrected chi connectivity index (χ3v) is 4.37. The van der Waals surface area contributed by atoms with E-state index in [1.807, 2.05) is 12.1 Å². The molecule has 6 heteroatoms. The minimum Gasteiger partial charge on any atom is -0.491 e. The molecule has 1 amide bonds. The summed E-state index contributed by atoms with van der Waals surface area (Å²) >= 11 is 0. The molecule has 1 heterocycles. The Balaban J connectivity index is 1.79. The topological polar surface area (TPSA) is 50.8 Å². The Labute approximate surface area is 152 Å². The number of rotatable bonds is 6. The molecule has 1 aliphatic rings. The average molecular weight is 358 g/mol. The number of piperazine rings is 1. The second-order valence-corrected chi connectivity index (χ2v) is 6.14. The van der Waals surface area contributed by atoms with E-state index in [-0.39, 0.29) is 17.8 Å². The van der Waals surface area contributed by atoms with Gasteiger partial charge in [-0.2, -0.15) is 0 Å². The molecule has 3 rings (SSSR count). The maximum absolute atomic E-state index is 13.6. The van der Waals surface area contributed by atoms with Crippen molar-refractivity contribution in [1.82, 2.24) is 10.2 Å². The van der Waals surface area contributed by atoms with Crippen molar-refractivity contribution in [3.63, 3.8) is 0 Å². The summed E-state index contributed by atoms with van der Waals surface area (Å²) in [5, 5.41) is 3.28. The first-order valence-electron chi connectivity index (χ1n) is 8.68. The summed E-state index contributed by atoms with van der Waals surface area (Å²) in [6, 6.07) is 13.3. The van der Waals surface area contributed by atoms with Crippen LogP contribution >= 0.6 is 0 Å². The van der Waals surface area contributed by atoms with E-state index in [4.69, 9.17) is 9.47 Å². The molecule has 0 radical (unpaired) electrons. The number of carbonyl (C=O) groups excluding carboxylic acids is 1. The summed E-state index contributed by atoms with van der Waals surface area (Å²) in [5.74, 6) is 0.248. The standard InChI is InChI=1S/C20H23FN2O3/c1-25-10-11-26-18-7-3-5-16(13-18)20(24)23-9-8-22-14-19(23)15-4-2-6-17(21)12-15/h2-7,12-13,19,22H,8-11,14H2,1H3. The number of carbonyl (C=O) groups is 1. The van der Waals surface area contributed by atoms with Gasteiger partial charge in [0.15, 0.2) is 0 Å². The van der Waals surface area contributed by atoms with Crippen LogP contribution in [0.2, 0.25) is 0 Å². The SMILES string of the molecule is COCCOc1cccc(C(=O)N2CCNCC2c2cccc(F)c2)c1. The third-order valence-electron chi connectivity index (χ3n) is 4.37. The lowest BCUT2D eigenvalue weighted by molar-refractivity contribution is 0.0633. The number of nitrogens with one attached hydrogen (secondary N) is 1. The number of hydrogen-bond acceptors (Lipinski definition) is 4. The van der Waals surface area contributed by atoms with Gasteiger partial charge in [0, 0.05) is 32.3 Å². The zero-order chi connectivity index (χ0) is 18.4. The second kappa shape index (κ2) is 8.78. The molecule has 0 spiro atoms. The van der Waals surface area contributed by atoms with Crippen LogP contribution in [0.5, 0.6) is 5.75 Å². The highest BCUT2D eigenvalue weighted by Crippen LogP contribution is 2.25. The van der Waals surface area contributed by atoms with E-state index in [2.05, 4.69) is 5.32 Å². The first-order chi connectivity index (χ1) is 12.7. The fourth-order valence-corrected chi connectivity index (χ4v) is 3.09. The van der Waals surface area contributed by atoms with Crippen molar-refractivity contribution in [1.29, 1.82) is 0 Å². The van der Waals surface area contributed by atoms with Gasteiger partial charge in [0.25, 0.3) is 5.91 Å². The van der Waals surface area contributed by atoms with Crippen LogP contribution in [0.1, 0.15) is 22.0 Å². The number of amides is 1. The Bertz CT molecular complexity index is 753. The highest BCUT2D eigenvalue weighted by molar-refractivity contribution is 5.95. The van der Waals surface area contributed by atoms with E-state index in [9.17, 15) is 9.18 Å². The Morgan fingerprint density at radius 3 is 2.88 bits per heavy atom. The molecule has 2 aromatic carbocycles. The quantitative estimate of drug-likeness (QED) is 0.807. The predicted octanol–water partition coefficient (Wildman–Crippen LogP) is 2.64. The minimum atomic E-state index is -0.297. The van der Waals surface area contributed by atoms with Crippen molar-refractivity contribution in [2.45, 2.75) is 6.04 Å². The molecule has 1 fully saturated rings. The first kappa shape index (κ1) is 18.4. The zero-order valence-electron chi connectivity index (χ0n) is 14.8.